The predicted molar refractivity (Wildman–Crippen MR) is 76.0 cm³/mol. The van der Waals surface area contributed by atoms with Crippen LogP contribution in [0.4, 0.5) is 5.69 Å². The summed E-state index contributed by atoms with van der Waals surface area (Å²) < 4.78 is 0. The molecule has 3 nitrogen and oxygen atoms in total. The van der Waals surface area contributed by atoms with Crippen LogP contribution in [0.25, 0.3) is 0 Å². The summed E-state index contributed by atoms with van der Waals surface area (Å²) in [5.41, 5.74) is 3.83. The first-order chi connectivity index (χ1) is 8.56. The van der Waals surface area contributed by atoms with Gasteiger partial charge in [-0.25, -0.2) is 0 Å². The fourth-order valence-electron chi connectivity index (χ4n) is 2.26. The largest absolute Gasteiger partial charge is 0.392 e. The van der Waals surface area contributed by atoms with Gasteiger partial charge in [0.05, 0.1) is 6.10 Å². The van der Waals surface area contributed by atoms with Crippen molar-refractivity contribution >= 4 is 5.69 Å². The van der Waals surface area contributed by atoms with Gasteiger partial charge in [-0.2, -0.15) is 0 Å². The van der Waals surface area contributed by atoms with Crippen LogP contribution in [0, 0.1) is 6.92 Å². The van der Waals surface area contributed by atoms with Crippen molar-refractivity contribution in [2.75, 3.05) is 18.5 Å². The molecule has 0 saturated heterocycles. The fraction of sp³-hybridized carbons (Fsp3) is 0.600. The second kappa shape index (κ2) is 5.72. The third kappa shape index (κ3) is 3.72. The molecule has 1 atom stereocenters. The Morgan fingerprint density at radius 3 is 2.78 bits per heavy atom. The predicted octanol–water partition coefficient (Wildman–Crippen LogP) is 2.06. The molecule has 1 aliphatic rings. The Morgan fingerprint density at radius 2 is 2.17 bits per heavy atom. The Morgan fingerprint density at radius 1 is 1.44 bits per heavy atom. The molecule has 1 aliphatic carbocycles. The van der Waals surface area contributed by atoms with E-state index in [1.165, 1.54) is 29.7 Å². The highest BCUT2D eigenvalue weighted by Gasteiger charge is 2.20. The lowest BCUT2D eigenvalue weighted by Gasteiger charge is -2.24. The first-order valence-electron chi connectivity index (χ1n) is 6.78. The molecule has 0 amide bonds. The maximum Gasteiger partial charge on any atom is 0.0686 e. The van der Waals surface area contributed by atoms with Gasteiger partial charge in [0, 0.05) is 31.9 Å². The van der Waals surface area contributed by atoms with Crippen LogP contribution in [0.5, 0.6) is 0 Å². The number of nitrogens with zero attached hydrogens (tertiary/aromatic N) is 1. The quantitative estimate of drug-likeness (QED) is 0.809. The SMILES string of the molecule is Cc1ccc(N(C)CC(C)O)c(CNC2CC2)c1. The molecule has 1 fully saturated rings. The number of nitrogens with one attached hydrogen (secondary N) is 1. The number of aliphatic hydroxyl groups excluding tert-OH is 1. The topological polar surface area (TPSA) is 35.5 Å². The van der Waals surface area contributed by atoms with Crippen LogP contribution in [0.1, 0.15) is 30.9 Å². The van der Waals surface area contributed by atoms with Crippen molar-refractivity contribution < 1.29 is 5.11 Å². The average molecular weight is 248 g/mol. The molecule has 1 saturated carbocycles. The van der Waals surface area contributed by atoms with Crippen molar-refractivity contribution in [3.05, 3.63) is 29.3 Å². The lowest BCUT2D eigenvalue weighted by atomic mass is 10.1. The Hall–Kier alpha value is -1.06. The number of benzene rings is 1. The van der Waals surface area contributed by atoms with Crippen molar-refractivity contribution in [2.45, 2.75) is 45.4 Å². The molecule has 100 valence electrons. The molecule has 3 heteroatoms. The van der Waals surface area contributed by atoms with Crippen molar-refractivity contribution in [3.8, 4) is 0 Å². The average Bonchev–Trinajstić information content (AvgIpc) is 3.09. The summed E-state index contributed by atoms with van der Waals surface area (Å²) in [5.74, 6) is 0. The van der Waals surface area contributed by atoms with E-state index < -0.39 is 0 Å². The summed E-state index contributed by atoms with van der Waals surface area (Å²) in [4.78, 5) is 2.13. The molecule has 18 heavy (non-hydrogen) atoms. The first-order valence-corrected chi connectivity index (χ1v) is 6.78. The van der Waals surface area contributed by atoms with Crippen molar-refractivity contribution in [2.24, 2.45) is 0 Å². The van der Waals surface area contributed by atoms with Crippen molar-refractivity contribution in [1.82, 2.24) is 5.32 Å². The molecule has 1 aromatic carbocycles. The molecule has 1 aromatic rings. The van der Waals surface area contributed by atoms with Crippen LogP contribution < -0.4 is 10.2 Å². The number of aliphatic hydroxyl groups is 1. The van der Waals surface area contributed by atoms with Crippen molar-refractivity contribution in [3.63, 3.8) is 0 Å². The van der Waals surface area contributed by atoms with E-state index in [0.29, 0.717) is 6.54 Å². The van der Waals surface area contributed by atoms with E-state index in [1.54, 1.807) is 0 Å². The highest BCUT2D eigenvalue weighted by Crippen LogP contribution is 2.24. The van der Waals surface area contributed by atoms with E-state index in [9.17, 15) is 5.11 Å². The number of aryl methyl sites for hydroxylation is 1. The minimum atomic E-state index is -0.305. The van der Waals surface area contributed by atoms with Gasteiger partial charge < -0.3 is 15.3 Å². The van der Waals surface area contributed by atoms with Crippen LogP contribution in [0.3, 0.4) is 0 Å². The lowest BCUT2D eigenvalue weighted by molar-refractivity contribution is 0.201. The zero-order valence-electron chi connectivity index (χ0n) is 11.6. The smallest absolute Gasteiger partial charge is 0.0686 e. The molecule has 0 aromatic heterocycles. The van der Waals surface area contributed by atoms with Crippen LogP contribution in [-0.2, 0) is 6.54 Å². The molecule has 0 radical (unpaired) electrons. The fourth-order valence-corrected chi connectivity index (χ4v) is 2.26. The normalized spacial score (nSPS) is 16.7. The highest BCUT2D eigenvalue weighted by atomic mass is 16.3. The molecule has 0 heterocycles. The maximum atomic E-state index is 9.50. The van der Waals surface area contributed by atoms with Gasteiger partial charge in [-0.15, -0.1) is 0 Å². The van der Waals surface area contributed by atoms with Gasteiger partial charge in [-0.05, 0) is 38.3 Å². The standard InChI is InChI=1S/C15H24N2O/c1-11-4-7-15(17(3)10-12(2)18)13(8-11)9-16-14-5-6-14/h4,7-8,12,14,16,18H,5-6,9-10H2,1-3H3. The number of anilines is 1. The summed E-state index contributed by atoms with van der Waals surface area (Å²) in [6, 6.07) is 7.25. The summed E-state index contributed by atoms with van der Waals surface area (Å²) in [5, 5.41) is 13.1. The zero-order valence-corrected chi connectivity index (χ0v) is 11.6. The molecule has 2 rings (SSSR count). The minimum absolute atomic E-state index is 0.305. The Balaban J connectivity index is 2.10. The van der Waals surface area contributed by atoms with Gasteiger partial charge >= 0.3 is 0 Å². The minimum Gasteiger partial charge on any atom is -0.392 e. The van der Waals surface area contributed by atoms with Crippen LogP contribution in [0.2, 0.25) is 0 Å². The maximum absolute atomic E-state index is 9.50. The van der Waals surface area contributed by atoms with E-state index in [-0.39, 0.29) is 6.10 Å². The molecular formula is C15H24N2O. The van der Waals surface area contributed by atoms with Gasteiger partial charge in [-0.3, -0.25) is 0 Å². The van der Waals surface area contributed by atoms with Gasteiger partial charge in [0.15, 0.2) is 0 Å². The third-order valence-electron chi connectivity index (χ3n) is 3.34. The van der Waals surface area contributed by atoms with Crippen LogP contribution >= 0.6 is 0 Å². The summed E-state index contributed by atoms with van der Waals surface area (Å²) in [6.07, 6.45) is 2.32. The second-order valence-electron chi connectivity index (χ2n) is 5.52. The lowest BCUT2D eigenvalue weighted by Crippen LogP contribution is -2.28. The summed E-state index contributed by atoms with van der Waals surface area (Å²) in [6.45, 7) is 5.54. The molecule has 0 bridgehead atoms. The third-order valence-corrected chi connectivity index (χ3v) is 3.34. The summed E-state index contributed by atoms with van der Waals surface area (Å²) in [7, 11) is 2.04. The van der Waals surface area contributed by atoms with E-state index in [2.05, 4.69) is 35.3 Å². The van der Waals surface area contributed by atoms with E-state index in [4.69, 9.17) is 0 Å². The highest BCUT2D eigenvalue weighted by molar-refractivity contribution is 5.54. The Kier molecular flexibility index (Phi) is 4.25. The Labute approximate surface area is 110 Å². The molecule has 2 N–H and O–H groups in total. The van der Waals surface area contributed by atoms with Crippen LogP contribution in [0.15, 0.2) is 18.2 Å². The second-order valence-corrected chi connectivity index (χ2v) is 5.52. The van der Waals surface area contributed by atoms with E-state index >= 15 is 0 Å². The number of rotatable bonds is 6. The Bertz CT molecular complexity index is 399. The monoisotopic (exact) mass is 248 g/mol. The summed E-state index contributed by atoms with van der Waals surface area (Å²) >= 11 is 0. The number of likely N-dealkylation sites (N-methyl/N-ethyl adjacent to an activating group) is 1. The van der Waals surface area contributed by atoms with E-state index in [0.717, 1.165) is 12.6 Å². The molecule has 0 aliphatic heterocycles. The van der Waals surface area contributed by atoms with E-state index in [1.807, 2.05) is 14.0 Å². The van der Waals surface area contributed by atoms with Crippen molar-refractivity contribution in [1.29, 1.82) is 0 Å². The number of hydrogen-bond acceptors (Lipinski definition) is 3. The van der Waals surface area contributed by atoms with Gasteiger partial charge in [-0.1, -0.05) is 17.7 Å². The van der Waals surface area contributed by atoms with Crippen LogP contribution in [-0.4, -0.2) is 30.8 Å². The zero-order chi connectivity index (χ0) is 13.1. The molecular weight excluding hydrogens is 224 g/mol. The first kappa shape index (κ1) is 13.4. The molecule has 1 unspecified atom stereocenters. The molecule has 0 spiro atoms. The van der Waals surface area contributed by atoms with Gasteiger partial charge in [0.2, 0.25) is 0 Å². The van der Waals surface area contributed by atoms with Gasteiger partial charge in [0.1, 0.15) is 0 Å². The number of hydrogen-bond donors (Lipinski definition) is 2. The van der Waals surface area contributed by atoms with Gasteiger partial charge in [0.25, 0.3) is 0 Å².